The maximum atomic E-state index is 2.35. The summed E-state index contributed by atoms with van der Waals surface area (Å²) in [5, 5.41) is 2.66. The van der Waals surface area contributed by atoms with Gasteiger partial charge in [-0.05, 0) is 5.39 Å². The van der Waals surface area contributed by atoms with E-state index in [1.54, 1.807) is 0 Å². The first kappa shape index (κ1) is 17.8. The van der Waals surface area contributed by atoms with Crippen molar-refractivity contribution < 1.29 is 37.7 Å². The molecule has 2 heteroatoms. The zero-order chi connectivity index (χ0) is 11.4. The summed E-state index contributed by atoms with van der Waals surface area (Å²) in [6.07, 6.45) is 4.78. The third kappa shape index (κ3) is 4.80. The molecule has 0 aliphatic rings. The van der Waals surface area contributed by atoms with Crippen molar-refractivity contribution in [2.45, 2.75) is 26.7 Å². The number of fused-ring (bicyclic) bond motifs is 1. The first-order valence-electron chi connectivity index (χ1n) is 6.11. The van der Waals surface area contributed by atoms with Crippen molar-refractivity contribution in [2.24, 2.45) is 5.92 Å². The number of hydrogen-bond acceptors (Lipinski definition) is 0. The van der Waals surface area contributed by atoms with Gasteiger partial charge in [-0.2, -0.15) is 24.1 Å². The first-order chi connectivity index (χ1) is 7.79. The molecule has 1 unspecified atom stereocenters. The molecule has 0 fully saturated rings. The Labute approximate surface area is 135 Å². The van der Waals surface area contributed by atoms with Crippen LogP contribution < -0.4 is 37.7 Å². The molecule has 0 amide bonds. The molecule has 0 aliphatic heterocycles. The Morgan fingerprint density at radius 1 is 1.00 bits per heavy atom. The molecule has 84 valence electrons. The third-order valence-electron chi connectivity index (χ3n) is 3.23. The van der Waals surface area contributed by atoms with Crippen molar-refractivity contribution in [1.29, 1.82) is 0 Å². The second kappa shape index (κ2) is 8.80. The molecule has 0 aliphatic carbocycles. The van der Waals surface area contributed by atoms with Crippen LogP contribution in [0.25, 0.3) is 10.8 Å². The van der Waals surface area contributed by atoms with Crippen LogP contribution in [0.2, 0.25) is 0 Å². The molecule has 0 heterocycles. The fraction of sp³-hybridized carbons (Fsp3) is 0.312. The fourth-order valence-corrected chi connectivity index (χ4v) is 1.84. The molecule has 18 heavy (non-hydrogen) atoms. The summed E-state index contributed by atoms with van der Waals surface area (Å²) in [7, 11) is 0. The SMILES string of the molecule is CCC(C)C[CH-]c1ccc2ccccc2c1.[Li+].[Li+]. The average Bonchev–Trinajstić information content (AvgIpc) is 2.35. The molecule has 2 aromatic carbocycles. The van der Waals surface area contributed by atoms with E-state index in [4.69, 9.17) is 0 Å². The van der Waals surface area contributed by atoms with Gasteiger partial charge in [0.2, 0.25) is 0 Å². The van der Waals surface area contributed by atoms with E-state index >= 15 is 0 Å². The van der Waals surface area contributed by atoms with Gasteiger partial charge in [0.15, 0.2) is 0 Å². The summed E-state index contributed by atoms with van der Waals surface area (Å²) in [5.41, 5.74) is 1.35. The van der Waals surface area contributed by atoms with Gasteiger partial charge < -0.3 is 0 Å². The Hall–Kier alpha value is -0.235. The number of benzene rings is 2. The van der Waals surface area contributed by atoms with Gasteiger partial charge in [0.25, 0.3) is 0 Å². The van der Waals surface area contributed by atoms with Gasteiger partial charge in [-0.15, -0.1) is 6.07 Å². The van der Waals surface area contributed by atoms with Crippen molar-refractivity contribution in [3.8, 4) is 0 Å². The maximum Gasteiger partial charge on any atom is 1.00 e. The maximum absolute atomic E-state index is 2.35. The van der Waals surface area contributed by atoms with Crippen LogP contribution in [-0.4, -0.2) is 0 Å². The van der Waals surface area contributed by atoms with E-state index in [0.717, 1.165) is 5.92 Å². The van der Waals surface area contributed by atoms with Crippen LogP contribution in [0.3, 0.4) is 0 Å². The molecular formula is C16H19Li2+. The predicted octanol–water partition coefficient (Wildman–Crippen LogP) is -1.16. The van der Waals surface area contributed by atoms with Crippen molar-refractivity contribution in [3.63, 3.8) is 0 Å². The fourth-order valence-electron chi connectivity index (χ4n) is 1.84. The van der Waals surface area contributed by atoms with E-state index in [1.807, 2.05) is 0 Å². The summed E-state index contributed by atoms with van der Waals surface area (Å²) in [5.74, 6) is 0.784. The van der Waals surface area contributed by atoms with E-state index in [0.29, 0.717) is 0 Å². The van der Waals surface area contributed by atoms with Crippen LogP contribution in [0.4, 0.5) is 0 Å². The molecule has 0 saturated heterocycles. The quantitative estimate of drug-likeness (QED) is 0.455. The standard InChI is InChI=1S/C16H19.2Li/c1-3-13(2)8-9-14-10-11-15-6-4-5-7-16(15)12-14;;/h4-7,9-13H,3,8H2,1-2H3;;/q-1;2*+1. The predicted molar refractivity (Wildman–Crippen MR) is 71.4 cm³/mol. The second-order valence-corrected chi connectivity index (χ2v) is 4.56. The Morgan fingerprint density at radius 3 is 2.33 bits per heavy atom. The normalized spacial score (nSPS) is 11.2. The summed E-state index contributed by atoms with van der Waals surface area (Å²) >= 11 is 0. The molecule has 0 bridgehead atoms. The second-order valence-electron chi connectivity index (χ2n) is 4.56. The van der Waals surface area contributed by atoms with E-state index in [9.17, 15) is 0 Å². The van der Waals surface area contributed by atoms with Crippen molar-refractivity contribution >= 4 is 10.8 Å². The third-order valence-corrected chi connectivity index (χ3v) is 3.23. The van der Waals surface area contributed by atoms with Crippen LogP contribution in [0, 0.1) is 12.3 Å². The molecule has 0 radical (unpaired) electrons. The van der Waals surface area contributed by atoms with Crippen molar-refractivity contribution in [2.75, 3.05) is 0 Å². The molecule has 0 spiro atoms. The molecule has 0 aromatic heterocycles. The van der Waals surface area contributed by atoms with Gasteiger partial charge in [0.05, 0.1) is 0 Å². The Bertz CT molecular complexity index is 465. The molecule has 2 aromatic rings. The first-order valence-corrected chi connectivity index (χ1v) is 6.11. The molecule has 0 nitrogen and oxygen atoms in total. The van der Waals surface area contributed by atoms with Gasteiger partial charge in [-0.3, -0.25) is 0 Å². The van der Waals surface area contributed by atoms with E-state index in [1.165, 1.54) is 29.2 Å². The summed E-state index contributed by atoms with van der Waals surface area (Å²) in [6, 6.07) is 15.2. The largest absolute Gasteiger partial charge is 1.00 e. The summed E-state index contributed by atoms with van der Waals surface area (Å²) in [6.45, 7) is 4.55. The summed E-state index contributed by atoms with van der Waals surface area (Å²) in [4.78, 5) is 0. The molecule has 0 N–H and O–H groups in total. The van der Waals surface area contributed by atoms with Crippen molar-refractivity contribution in [1.82, 2.24) is 0 Å². The van der Waals surface area contributed by atoms with Gasteiger partial charge in [-0.25, -0.2) is 0 Å². The van der Waals surface area contributed by atoms with Crippen LogP contribution in [0.15, 0.2) is 42.5 Å². The van der Waals surface area contributed by atoms with Gasteiger partial charge in [-0.1, -0.05) is 62.3 Å². The Balaban J connectivity index is 0.00000144. The van der Waals surface area contributed by atoms with Gasteiger partial charge in [0, 0.05) is 0 Å². The van der Waals surface area contributed by atoms with Gasteiger partial charge >= 0.3 is 37.7 Å². The minimum absolute atomic E-state index is 0. The minimum atomic E-state index is 0. The van der Waals surface area contributed by atoms with Crippen molar-refractivity contribution in [3.05, 3.63) is 54.4 Å². The van der Waals surface area contributed by atoms with Crippen LogP contribution in [-0.2, 0) is 0 Å². The van der Waals surface area contributed by atoms with Crippen LogP contribution in [0.5, 0.6) is 0 Å². The Morgan fingerprint density at radius 2 is 1.67 bits per heavy atom. The Kier molecular flexibility index (Phi) is 8.68. The average molecular weight is 225 g/mol. The van der Waals surface area contributed by atoms with E-state index < -0.39 is 0 Å². The van der Waals surface area contributed by atoms with E-state index in [-0.39, 0.29) is 37.7 Å². The monoisotopic (exact) mass is 225 g/mol. The minimum Gasteiger partial charge on any atom is -0.191 e. The van der Waals surface area contributed by atoms with Crippen LogP contribution in [0.1, 0.15) is 32.3 Å². The van der Waals surface area contributed by atoms with Gasteiger partial charge in [0.1, 0.15) is 0 Å². The number of rotatable bonds is 4. The zero-order valence-corrected chi connectivity index (χ0v) is 12.1. The zero-order valence-electron chi connectivity index (χ0n) is 12.1. The smallest absolute Gasteiger partial charge is 0.191 e. The molecule has 0 saturated carbocycles. The van der Waals surface area contributed by atoms with E-state index in [2.05, 4.69) is 62.7 Å². The topological polar surface area (TPSA) is 0 Å². The summed E-state index contributed by atoms with van der Waals surface area (Å²) < 4.78 is 0. The molecular weight excluding hydrogens is 206 g/mol. The molecule has 1 atom stereocenters. The van der Waals surface area contributed by atoms with Crippen LogP contribution >= 0.6 is 0 Å². The molecule has 2 rings (SSSR count). The number of hydrogen-bond donors (Lipinski definition) is 0.